The molecule has 1 saturated heterocycles. The minimum atomic E-state index is -3.49. The molecule has 0 atom stereocenters. The molecule has 0 amide bonds. The number of nitrogens with zero attached hydrogens (tertiary/aromatic N) is 2. The summed E-state index contributed by atoms with van der Waals surface area (Å²) in [6, 6.07) is 11.2. The summed E-state index contributed by atoms with van der Waals surface area (Å²) in [6.45, 7) is 1.63. The van der Waals surface area contributed by atoms with Crippen molar-refractivity contribution in [1.82, 2.24) is 9.29 Å². The Balaban J connectivity index is 1.65. The summed E-state index contributed by atoms with van der Waals surface area (Å²) in [5.74, 6) is 1.55. The van der Waals surface area contributed by atoms with Crippen LogP contribution in [0, 0.1) is 0 Å². The fourth-order valence-corrected chi connectivity index (χ4v) is 4.60. The molecule has 0 saturated carbocycles. The standard InChI is InChI=1S/C17H20N2O4S2/c1-22-15-4-2-3-14(11-15)13-24-17-6-5-16(12-18-17)25(20,21)19-7-9-23-10-8-19/h2-6,11-12H,7-10,13H2,1H3. The highest BCUT2D eigenvalue weighted by molar-refractivity contribution is 7.98. The monoisotopic (exact) mass is 380 g/mol. The van der Waals surface area contributed by atoms with E-state index < -0.39 is 10.0 Å². The molecule has 0 bridgehead atoms. The number of morpholine rings is 1. The summed E-state index contributed by atoms with van der Waals surface area (Å²) >= 11 is 1.55. The molecule has 6 nitrogen and oxygen atoms in total. The third-order valence-corrected chi connectivity index (χ3v) is 6.74. The van der Waals surface area contributed by atoms with E-state index in [2.05, 4.69) is 4.98 Å². The highest BCUT2D eigenvalue weighted by Gasteiger charge is 2.26. The van der Waals surface area contributed by atoms with Gasteiger partial charge in [0.05, 0.1) is 25.3 Å². The Labute approximate surface area is 152 Å². The maximum atomic E-state index is 12.6. The Morgan fingerprint density at radius 2 is 2.04 bits per heavy atom. The van der Waals surface area contributed by atoms with E-state index in [1.54, 1.807) is 31.0 Å². The van der Waals surface area contributed by atoms with Crippen molar-refractivity contribution in [1.29, 1.82) is 0 Å². The van der Waals surface area contributed by atoms with Crippen molar-refractivity contribution in [2.75, 3.05) is 33.4 Å². The lowest BCUT2D eigenvalue weighted by Crippen LogP contribution is -2.40. The van der Waals surface area contributed by atoms with Gasteiger partial charge in [-0.15, -0.1) is 11.8 Å². The molecule has 3 rings (SSSR count). The summed E-state index contributed by atoms with van der Waals surface area (Å²) in [6.07, 6.45) is 1.43. The van der Waals surface area contributed by atoms with Gasteiger partial charge < -0.3 is 9.47 Å². The highest BCUT2D eigenvalue weighted by Crippen LogP contribution is 2.24. The Hall–Kier alpha value is -1.61. The van der Waals surface area contributed by atoms with Crippen LogP contribution >= 0.6 is 11.8 Å². The first-order valence-corrected chi connectivity index (χ1v) is 10.3. The van der Waals surface area contributed by atoms with Crippen LogP contribution in [0.15, 0.2) is 52.5 Å². The zero-order valence-corrected chi connectivity index (χ0v) is 15.6. The molecule has 25 heavy (non-hydrogen) atoms. The van der Waals surface area contributed by atoms with Crippen LogP contribution in [0.25, 0.3) is 0 Å². The third kappa shape index (κ3) is 4.52. The number of rotatable bonds is 6. The zero-order chi connectivity index (χ0) is 17.7. The smallest absolute Gasteiger partial charge is 0.244 e. The molecule has 0 aliphatic carbocycles. The van der Waals surface area contributed by atoms with Gasteiger partial charge in [0.2, 0.25) is 10.0 Å². The van der Waals surface area contributed by atoms with Gasteiger partial charge in [0, 0.05) is 25.0 Å². The largest absolute Gasteiger partial charge is 0.497 e. The predicted molar refractivity (Wildman–Crippen MR) is 96.4 cm³/mol. The van der Waals surface area contributed by atoms with Crippen molar-refractivity contribution < 1.29 is 17.9 Å². The molecule has 1 aliphatic heterocycles. The topological polar surface area (TPSA) is 68.7 Å². The lowest BCUT2D eigenvalue weighted by Gasteiger charge is -2.25. The molecule has 1 fully saturated rings. The first kappa shape index (κ1) is 18.2. The number of hydrogen-bond donors (Lipinski definition) is 0. The van der Waals surface area contributed by atoms with Gasteiger partial charge in [0.25, 0.3) is 0 Å². The minimum absolute atomic E-state index is 0.222. The number of pyridine rings is 1. The minimum Gasteiger partial charge on any atom is -0.497 e. The van der Waals surface area contributed by atoms with E-state index in [0.717, 1.165) is 22.1 Å². The molecular weight excluding hydrogens is 360 g/mol. The second kappa shape index (κ2) is 8.18. The van der Waals surface area contributed by atoms with E-state index in [4.69, 9.17) is 9.47 Å². The highest BCUT2D eigenvalue weighted by atomic mass is 32.2. The van der Waals surface area contributed by atoms with Gasteiger partial charge in [-0.2, -0.15) is 4.31 Å². The van der Waals surface area contributed by atoms with Crippen molar-refractivity contribution in [3.05, 3.63) is 48.2 Å². The summed E-state index contributed by atoms with van der Waals surface area (Å²) in [7, 11) is -1.85. The van der Waals surface area contributed by atoms with Crippen LogP contribution in [0.4, 0.5) is 0 Å². The lowest BCUT2D eigenvalue weighted by atomic mass is 10.2. The molecule has 0 unspecified atom stereocenters. The normalized spacial score (nSPS) is 15.9. The summed E-state index contributed by atoms with van der Waals surface area (Å²) in [4.78, 5) is 4.51. The van der Waals surface area contributed by atoms with E-state index >= 15 is 0 Å². The first-order valence-electron chi connectivity index (χ1n) is 7.89. The number of methoxy groups -OCH3 is 1. The molecule has 2 aromatic rings. The predicted octanol–water partition coefficient (Wildman–Crippen LogP) is 2.40. The number of benzene rings is 1. The van der Waals surface area contributed by atoms with E-state index in [1.165, 1.54) is 10.5 Å². The number of thioether (sulfide) groups is 1. The van der Waals surface area contributed by atoms with Gasteiger partial charge in [-0.05, 0) is 29.8 Å². The molecule has 8 heteroatoms. The van der Waals surface area contributed by atoms with Crippen molar-refractivity contribution in [2.24, 2.45) is 0 Å². The average Bonchev–Trinajstić information content (AvgIpc) is 2.67. The number of hydrogen-bond acceptors (Lipinski definition) is 6. The van der Waals surface area contributed by atoms with Gasteiger partial charge in [-0.3, -0.25) is 0 Å². The second-order valence-corrected chi connectivity index (χ2v) is 8.42. The van der Waals surface area contributed by atoms with Gasteiger partial charge in [-0.1, -0.05) is 12.1 Å². The van der Waals surface area contributed by atoms with E-state index in [9.17, 15) is 8.42 Å². The molecule has 1 aromatic heterocycles. The fraction of sp³-hybridized carbons (Fsp3) is 0.353. The molecule has 0 N–H and O–H groups in total. The van der Waals surface area contributed by atoms with Crippen molar-refractivity contribution in [2.45, 2.75) is 15.7 Å². The van der Waals surface area contributed by atoms with Crippen LogP contribution in [0.5, 0.6) is 5.75 Å². The third-order valence-electron chi connectivity index (χ3n) is 3.84. The van der Waals surface area contributed by atoms with Crippen molar-refractivity contribution in [3.63, 3.8) is 0 Å². The molecule has 134 valence electrons. The maximum Gasteiger partial charge on any atom is 0.244 e. The Kier molecular flexibility index (Phi) is 5.95. The average molecular weight is 380 g/mol. The van der Waals surface area contributed by atoms with E-state index in [0.29, 0.717) is 26.3 Å². The van der Waals surface area contributed by atoms with Crippen LogP contribution in [0.2, 0.25) is 0 Å². The molecule has 1 aromatic carbocycles. The quantitative estimate of drug-likeness (QED) is 0.717. The molecule has 0 radical (unpaired) electrons. The van der Waals surface area contributed by atoms with E-state index in [-0.39, 0.29) is 4.90 Å². The lowest BCUT2D eigenvalue weighted by molar-refractivity contribution is 0.0730. The summed E-state index contributed by atoms with van der Waals surface area (Å²) in [5.41, 5.74) is 1.12. The number of aromatic nitrogens is 1. The van der Waals surface area contributed by atoms with Crippen molar-refractivity contribution >= 4 is 21.8 Å². The SMILES string of the molecule is COc1cccc(CSc2ccc(S(=O)(=O)N3CCOCC3)cn2)c1. The van der Waals surface area contributed by atoms with Gasteiger partial charge in [-0.25, -0.2) is 13.4 Å². The summed E-state index contributed by atoms with van der Waals surface area (Å²) in [5, 5.41) is 0.781. The van der Waals surface area contributed by atoms with E-state index in [1.807, 2.05) is 24.3 Å². The van der Waals surface area contributed by atoms with Crippen LogP contribution in [-0.2, 0) is 20.5 Å². The van der Waals surface area contributed by atoms with Crippen molar-refractivity contribution in [3.8, 4) is 5.75 Å². The van der Waals surface area contributed by atoms with Crippen LogP contribution in [-0.4, -0.2) is 51.1 Å². The number of ether oxygens (including phenoxy) is 2. The maximum absolute atomic E-state index is 12.6. The van der Waals surface area contributed by atoms with Gasteiger partial charge >= 0.3 is 0 Å². The first-order chi connectivity index (χ1) is 12.1. The van der Waals surface area contributed by atoms with Crippen LogP contribution in [0.3, 0.4) is 0 Å². The Morgan fingerprint density at radius 3 is 2.72 bits per heavy atom. The van der Waals surface area contributed by atoms with Gasteiger partial charge in [0.15, 0.2) is 0 Å². The summed E-state index contributed by atoms with van der Waals surface area (Å²) < 4.78 is 37.0. The zero-order valence-electron chi connectivity index (χ0n) is 13.9. The van der Waals surface area contributed by atoms with Crippen LogP contribution in [0.1, 0.15) is 5.56 Å². The fourth-order valence-electron chi connectivity index (χ4n) is 2.46. The molecular formula is C17H20N2O4S2. The molecule has 2 heterocycles. The second-order valence-electron chi connectivity index (χ2n) is 5.49. The van der Waals surface area contributed by atoms with Crippen LogP contribution < -0.4 is 4.74 Å². The number of sulfonamides is 1. The Bertz CT molecular complexity index is 804. The molecule has 1 aliphatic rings. The molecule has 0 spiro atoms. The Morgan fingerprint density at radius 1 is 1.24 bits per heavy atom. The van der Waals surface area contributed by atoms with Gasteiger partial charge in [0.1, 0.15) is 10.6 Å².